The lowest BCUT2D eigenvalue weighted by Gasteiger charge is -2.03. The van der Waals surface area contributed by atoms with Crippen LogP contribution in [0.25, 0.3) is 11.0 Å². The van der Waals surface area contributed by atoms with E-state index in [1.807, 2.05) is 0 Å². The van der Waals surface area contributed by atoms with Gasteiger partial charge in [0.1, 0.15) is 6.07 Å². The van der Waals surface area contributed by atoms with Gasteiger partial charge in [-0.15, -0.1) is 0 Å². The fraction of sp³-hybridized carbons (Fsp3) is 0.0769. The van der Waals surface area contributed by atoms with E-state index in [4.69, 9.17) is 5.26 Å². The number of carbonyl (C=O) groups excluding carboxylic acids is 1. The summed E-state index contributed by atoms with van der Waals surface area (Å²) in [6.07, 6.45) is 4.50. The zero-order valence-electron chi connectivity index (χ0n) is 10.1. The summed E-state index contributed by atoms with van der Waals surface area (Å²) < 4.78 is 4.47. The van der Waals surface area contributed by atoms with Crippen molar-refractivity contribution in [2.45, 2.75) is 0 Å². The summed E-state index contributed by atoms with van der Waals surface area (Å²) >= 11 is 0. The number of rotatable bonds is 3. The summed E-state index contributed by atoms with van der Waals surface area (Å²) in [5.41, 5.74) is 2.08. The maximum absolute atomic E-state index is 11.2. The van der Waals surface area contributed by atoms with Crippen LogP contribution in [0.5, 0.6) is 0 Å². The lowest BCUT2D eigenvalue weighted by molar-refractivity contribution is -0.135. The Bertz CT molecular complexity index is 688. The van der Waals surface area contributed by atoms with Crippen molar-refractivity contribution in [2.75, 3.05) is 12.4 Å². The van der Waals surface area contributed by atoms with Crippen LogP contribution in [0.15, 0.2) is 42.4 Å². The lowest BCUT2D eigenvalue weighted by atomic mass is 10.2. The molecule has 0 saturated carbocycles. The molecule has 6 nitrogen and oxygen atoms in total. The number of hydrogen-bond acceptors (Lipinski definition) is 6. The lowest BCUT2D eigenvalue weighted by Crippen LogP contribution is -2.05. The molecule has 2 rings (SSSR count). The van der Waals surface area contributed by atoms with Crippen LogP contribution >= 0.6 is 0 Å². The second kappa shape index (κ2) is 5.60. The van der Waals surface area contributed by atoms with Crippen molar-refractivity contribution < 1.29 is 9.53 Å². The number of fused-ring (bicyclic) bond motifs is 1. The van der Waals surface area contributed by atoms with Crippen LogP contribution in [0.3, 0.4) is 0 Å². The molecule has 6 heteroatoms. The van der Waals surface area contributed by atoms with Gasteiger partial charge in [0.05, 0.1) is 18.1 Å². The summed E-state index contributed by atoms with van der Waals surface area (Å²) in [7, 11) is 1.22. The van der Waals surface area contributed by atoms with Crippen LogP contribution in [-0.4, -0.2) is 23.0 Å². The fourth-order valence-electron chi connectivity index (χ4n) is 1.46. The molecule has 0 saturated heterocycles. The average molecular weight is 254 g/mol. The smallest absolute Gasteiger partial charge is 0.350 e. The van der Waals surface area contributed by atoms with Crippen molar-refractivity contribution in [1.29, 1.82) is 5.26 Å². The van der Waals surface area contributed by atoms with Crippen molar-refractivity contribution in [3.05, 3.63) is 42.4 Å². The topological polar surface area (TPSA) is 87.9 Å². The Balaban J connectivity index is 2.24. The molecule has 0 atom stereocenters. The Labute approximate surface area is 109 Å². The zero-order chi connectivity index (χ0) is 13.7. The highest BCUT2D eigenvalue weighted by molar-refractivity contribution is 5.93. The van der Waals surface area contributed by atoms with Gasteiger partial charge in [-0.25, -0.2) is 4.79 Å². The number of nitrogens with one attached hydrogen (secondary N) is 1. The van der Waals surface area contributed by atoms with E-state index >= 15 is 0 Å². The average Bonchev–Trinajstić information content (AvgIpc) is 2.47. The first-order chi connectivity index (χ1) is 9.24. The van der Waals surface area contributed by atoms with Gasteiger partial charge in [-0.1, -0.05) is 0 Å². The minimum absolute atomic E-state index is 0.109. The molecule has 0 radical (unpaired) electrons. The van der Waals surface area contributed by atoms with Crippen LogP contribution in [0.4, 0.5) is 5.69 Å². The first-order valence-electron chi connectivity index (χ1n) is 5.40. The van der Waals surface area contributed by atoms with E-state index in [0.717, 1.165) is 11.0 Å². The van der Waals surface area contributed by atoms with E-state index in [2.05, 4.69) is 20.0 Å². The van der Waals surface area contributed by atoms with Crippen molar-refractivity contribution in [2.24, 2.45) is 0 Å². The SMILES string of the molecule is COC(=O)/C(C#N)=C/Nc1ccc2nccnc2c1. The minimum atomic E-state index is -0.685. The number of nitrogens with zero attached hydrogens (tertiary/aromatic N) is 3. The predicted molar refractivity (Wildman–Crippen MR) is 68.9 cm³/mol. The molecule has 0 aliphatic carbocycles. The molecule has 0 unspecified atom stereocenters. The predicted octanol–water partition coefficient (Wildman–Crippen LogP) is 1.62. The molecule has 1 aromatic heterocycles. The fourth-order valence-corrected chi connectivity index (χ4v) is 1.46. The molecule has 0 amide bonds. The first kappa shape index (κ1) is 12.5. The Kier molecular flexibility index (Phi) is 3.69. The molecule has 0 aliphatic rings. The van der Waals surface area contributed by atoms with Gasteiger partial charge in [0.25, 0.3) is 0 Å². The molecule has 1 N–H and O–H groups in total. The highest BCUT2D eigenvalue weighted by Gasteiger charge is 2.07. The number of nitriles is 1. The number of hydrogen-bond donors (Lipinski definition) is 1. The molecule has 0 spiro atoms. The van der Waals surface area contributed by atoms with Gasteiger partial charge in [0, 0.05) is 24.3 Å². The Morgan fingerprint density at radius 2 is 2.11 bits per heavy atom. The van der Waals surface area contributed by atoms with E-state index < -0.39 is 5.97 Å². The van der Waals surface area contributed by atoms with E-state index in [1.165, 1.54) is 13.3 Å². The van der Waals surface area contributed by atoms with E-state index in [9.17, 15) is 4.79 Å². The second-order valence-corrected chi connectivity index (χ2v) is 3.57. The number of aromatic nitrogens is 2. The quantitative estimate of drug-likeness (QED) is 0.508. The molecule has 19 heavy (non-hydrogen) atoms. The van der Waals surface area contributed by atoms with Crippen LogP contribution in [0, 0.1) is 11.3 Å². The van der Waals surface area contributed by atoms with Gasteiger partial charge >= 0.3 is 5.97 Å². The zero-order valence-corrected chi connectivity index (χ0v) is 10.1. The summed E-state index contributed by atoms with van der Waals surface area (Å²) in [6.45, 7) is 0. The van der Waals surface area contributed by atoms with Gasteiger partial charge in [-0.05, 0) is 18.2 Å². The molecule has 1 heterocycles. The number of anilines is 1. The van der Waals surface area contributed by atoms with E-state index in [-0.39, 0.29) is 5.57 Å². The van der Waals surface area contributed by atoms with Crippen LogP contribution in [0.1, 0.15) is 0 Å². The summed E-state index contributed by atoms with van der Waals surface area (Å²) in [6, 6.07) is 7.10. The van der Waals surface area contributed by atoms with Crippen LogP contribution in [0.2, 0.25) is 0 Å². The van der Waals surface area contributed by atoms with E-state index in [1.54, 1.807) is 36.7 Å². The normalized spacial score (nSPS) is 10.8. The molecule has 0 aliphatic heterocycles. The Morgan fingerprint density at radius 3 is 2.79 bits per heavy atom. The van der Waals surface area contributed by atoms with Crippen molar-refractivity contribution in [3.8, 4) is 6.07 Å². The molecule has 1 aromatic carbocycles. The van der Waals surface area contributed by atoms with Gasteiger partial charge in [0.15, 0.2) is 5.57 Å². The minimum Gasteiger partial charge on any atom is -0.465 e. The van der Waals surface area contributed by atoms with Crippen molar-refractivity contribution in [1.82, 2.24) is 9.97 Å². The highest BCUT2D eigenvalue weighted by Crippen LogP contribution is 2.15. The maximum atomic E-state index is 11.2. The Hall–Kier alpha value is -2.94. The molecule has 2 aromatic rings. The largest absolute Gasteiger partial charge is 0.465 e. The summed E-state index contributed by atoms with van der Waals surface area (Å²) in [5, 5.41) is 11.6. The number of esters is 1. The van der Waals surface area contributed by atoms with Gasteiger partial charge in [0.2, 0.25) is 0 Å². The Morgan fingerprint density at radius 1 is 1.37 bits per heavy atom. The number of methoxy groups -OCH3 is 1. The second-order valence-electron chi connectivity index (χ2n) is 3.57. The molecule has 0 fully saturated rings. The van der Waals surface area contributed by atoms with Gasteiger partial charge in [-0.2, -0.15) is 5.26 Å². The first-order valence-corrected chi connectivity index (χ1v) is 5.40. The van der Waals surface area contributed by atoms with Gasteiger partial charge in [-0.3, -0.25) is 9.97 Å². The van der Waals surface area contributed by atoms with Crippen molar-refractivity contribution in [3.63, 3.8) is 0 Å². The third-order valence-electron chi connectivity index (χ3n) is 2.38. The van der Waals surface area contributed by atoms with Crippen LogP contribution in [-0.2, 0) is 9.53 Å². The van der Waals surface area contributed by atoms with Crippen LogP contribution < -0.4 is 5.32 Å². The number of carbonyl (C=O) groups is 1. The third-order valence-corrected chi connectivity index (χ3v) is 2.38. The highest BCUT2D eigenvalue weighted by atomic mass is 16.5. The number of ether oxygens (including phenoxy) is 1. The molecular formula is C13H10N4O2. The molecule has 0 bridgehead atoms. The number of benzene rings is 1. The third kappa shape index (κ3) is 2.84. The standard InChI is InChI=1S/C13H10N4O2/c1-19-13(18)9(7-14)8-17-10-2-3-11-12(6-10)16-5-4-15-11/h2-6,8,17H,1H3/b9-8+. The maximum Gasteiger partial charge on any atom is 0.350 e. The monoisotopic (exact) mass is 254 g/mol. The summed E-state index contributed by atoms with van der Waals surface area (Å²) in [5.74, 6) is -0.685. The molecular weight excluding hydrogens is 244 g/mol. The van der Waals surface area contributed by atoms with Crippen molar-refractivity contribution >= 4 is 22.7 Å². The van der Waals surface area contributed by atoms with E-state index in [0.29, 0.717) is 5.69 Å². The summed E-state index contributed by atoms with van der Waals surface area (Å²) in [4.78, 5) is 19.5. The molecule has 94 valence electrons. The van der Waals surface area contributed by atoms with Gasteiger partial charge < -0.3 is 10.1 Å².